The number of amides is 1. The zero-order valence-electron chi connectivity index (χ0n) is 13.9. The number of hydrogen-bond donors (Lipinski definition) is 1. The number of carbonyl (C=O) groups is 2. The molecule has 0 atom stereocenters. The van der Waals surface area contributed by atoms with Crippen LogP contribution in [0.25, 0.3) is 11.1 Å². The molecule has 0 fully saturated rings. The lowest BCUT2D eigenvalue weighted by atomic mass is 10.3. The lowest BCUT2D eigenvalue weighted by molar-refractivity contribution is -0.147. The van der Waals surface area contributed by atoms with Gasteiger partial charge in [-0.3, -0.25) is 14.2 Å². The van der Waals surface area contributed by atoms with Crippen LogP contribution < -0.4 is 11.1 Å². The third kappa shape index (κ3) is 4.38. The normalized spacial score (nSPS) is 10.7. The van der Waals surface area contributed by atoms with E-state index in [0.717, 1.165) is 12.1 Å². The summed E-state index contributed by atoms with van der Waals surface area (Å²) in [5.74, 6) is -4.16. The van der Waals surface area contributed by atoms with Crippen LogP contribution in [-0.4, -0.2) is 23.1 Å². The molecule has 0 bridgehead atoms. The van der Waals surface area contributed by atoms with Gasteiger partial charge < -0.3 is 14.5 Å². The Balaban J connectivity index is 1.50. The molecule has 140 valence electrons. The number of aromatic nitrogens is 1. The number of nitrogens with one attached hydrogen (secondary N) is 1. The first-order valence-electron chi connectivity index (χ1n) is 7.93. The molecule has 0 aliphatic rings. The predicted molar refractivity (Wildman–Crippen MR) is 91.0 cm³/mol. The Bertz CT molecular complexity index is 1060. The van der Waals surface area contributed by atoms with E-state index in [4.69, 9.17) is 9.15 Å². The van der Waals surface area contributed by atoms with Crippen LogP contribution >= 0.6 is 0 Å². The Hall–Kier alpha value is -3.49. The Morgan fingerprint density at radius 2 is 1.89 bits per heavy atom. The van der Waals surface area contributed by atoms with Crippen LogP contribution in [0.4, 0.5) is 14.5 Å². The van der Waals surface area contributed by atoms with Crippen LogP contribution in [0, 0.1) is 11.6 Å². The quantitative estimate of drug-likeness (QED) is 0.668. The van der Waals surface area contributed by atoms with Crippen molar-refractivity contribution in [3.8, 4) is 0 Å². The summed E-state index contributed by atoms with van der Waals surface area (Å²) < 4.78 is 37.1. The number of aryl methyl sites for hydroxylation is 1. The molecule has 0 aliphatic heterocycles. The summed E-state index contributed by atoms with van der Waals surface area (Å²) >= 11 is 0. The molecule has 0 saturated carbocycles. The number of oxazole rings is 1. The highest BCUT2D eigenvalue weighted by Crippen LogP contribution is 2.13. The van der Waals surface area contributed by atoms with Crippen molar-refractivity contribution >= 4 is 28.7 Å². The summed E-state index contributed by atoms with van der Waals surface area (Å²) in [6.45, 7) is -0.571. The molecule has 7 nitrogen and oxygen atoms in total. The van der Waals surface area contributed by atoms with Crippen molar-refractivity contribution < 1.29 is 27.5 Å². The highest BCUT2D eigenvalue weighted by molar-refractivity contribution is 5.92. The number of para-hydroxylation sites is 2. The van der Waals surface area contributed by atoms with Crippen molar-refractivity contribution in [1.82, 2.24) is 4.57 Å². The summed E-state index contributed by atoms with van der Waals surface area (Å²) in [5.41, 5.74) is 0.986. The fourth-order valence-electron chi connectivity index (χ4n) is 2.42. The topological polar surface area (TPSA) is 90.5 Å². The number of benzene rings is 2. The maximum Gasteiger partial charge on any atom is 0.419 e. The number of halogens is 2. The zero-order chi connectivity index (χ0) is 19.4. The van der Waals surface area contributed by atoms with Crippen molar-refractivity contribution in [3.05, 3.63) is 64.6 Å². The van der Waals surface area contributed by atoms with Crippen molar-refractivity contribution in [2.75, 3.05) is 11.9 Å². The molecule has 1 amide bonds. The third-order valence-electron chi connectivity index (χ3n) is 3.68. The second-order valence-electron chi connectivity index (χ2n) is 5.58. The average molecular weight is 376 g/mol. The summed E-state index contributed by atoms with van der Waals surface area (Å²) in [6, 6.07) is 9.61. The number of carbonyl (C=O) groups excluding carboxylic acids is 2. The van der Waals surface area contributed by atoms with Gasteiger partial charge in [0.15, 0.2) is 23.8 Å². The first kappa shape index (κ1) is 18.3. The van der Waals surface area contributed by atoms with E-state index in [1.807, 2.05) is 0 Å². The van der Waals surface area contributed by atoms with E-state index in [9.17, 15) is 23.2 Å². The summed E-state index contributed by atoms with van der Waals surface area (Å²) in [5, 5.41) is 2.28. The van der Waals surface area contributed by atoms with Gasteiger partial charge in [-0.2, -0.15) is 0 Å². The molecule has 0 aliphatic carbocycles. The lowest BCUT2D eigenvalue weighted by Crippen LogP contribution is -2.22. The maximum absolute atomic E-state index is 13.1. The molecule has 3 aromatic rings. The minimum absolute atomic E-state index is 0.0273. The number of esters is 1. The molecule has 0 saturated heterocycles. The predicted octanol–water partition coefficient (Wildman–Crippen LogP) is 2.44. The summed E-state index contributed by atoms with van der Waals surface area (Å²) in [4.78, 5) is 35.3. The van der Waals surface area contributed by atoms with Gasteiger partial charge in [-0.25, -0.2) is 13.6 Å². The first-order chi connectivity index (χ1) is 12.9. The summed E-state index contributed by atoms with van der Waals surface area (Å²) in [7, 11) is 0. The van der Waals surface area contributed by atoms with Crippen LogP contribution in [0.2, 0.25) is 0 Å². The van der Waals surface area contributed by atoms with Crippen molar-refractivity contribution in [2.45, 2.75) is 13.0 Å². The molecule has 3 rings (SSSR count). The molecular formula is C18H14F2N2O5. The zero-order valence-corrected chi connectivity index (χ0v) is 13.9. The van der Waals surface area contributed by atoms with Crippen LogP contribution in [0.15, 0.2) is 51.7 Å². The number of nitrogens with zero attached hydrogens (tertiary/aromatic N) is 1. The fraction of sp³-hybridized carbons (Fsp3) is 0.167. The largest absolute Gasteiger partial charge is 0.456 e. The van der Waals surface area contributed by atoms with E-state index in [1.54, 1.807) is 24.3 Å². The molecule has 2 aromatic carbocycles. The van der Waals surface area contributed by atoms with E-state index in [1.165, 1.54) is 10.6 Å². The minimum Gasteiger partial charge on any atom is -0.456 e. The fourth-order valence-corrected chi connectivity index (χ4v) is 2.42. The van der Waals surface area contributed by atoms with Gasteiger partial charge >= 0.3 is 11.7 Å². The highest BCUT2D eigenvalue weighted by atomic mass is 19.2. The molecule has 9 heteroatoms. The highest BCUT2D eigenvalue weighted by Gasteiger charge is 2.13. The maximum atomic E-state index is 13.1. The SMILES string of the molecule is O=C(COC(=O)CCn1c(=O)oc2ccccc21)Nc1ccc(F)c(F)c1. The van der Waals surface area contributed by atoms with Gasteiger partial charge in [0, 0.05) is 18.3 Å². The second kappa shape index (κ2) is 7.81. The lowest BCUT2D eigenvalue weighted by Gasteiger charge is -2.07. The van der Waals surface area contributed by atoms with E-state index in [0.29, 0.717) is 11.1 Å². The number of rotatable bonds is 6. The van der Waals surface area contributed by atoms with Crippen LogP contribution in [0.3, 0.4) is 0 Å². The van der Waals surface area contributed by atoms with E-state index >= 15 is 0 Å². The van der Waals surface area contributed by atoms with Gasteiger partial charge in [-0.05, 0) is 24.3 Å². The molecule has 0 radical (unpaired) electrons. The molecule has 1 N–H and O–H groups in total. The Morgan fingerprint density at radius 1 is 1.11 bits per heavy atom. The van der Waals surface area contributed by atoms with E-state index < -0.39 is 35.9 Å². The molecule has 1 heterocycles. The van der Waals surface area contributed by atoms with Crippen molar-refractivity contribution in [2.24, 2.45) is 0 Å². The molecule has 0 unspecified atom stereocenters. The van der Waals surface area contributed by atoms with Gasteiger partial charge in [0.25, 0.3) is 5.91 Å². The van der Waals surface area contributed by atoms with Crippen molar-refractivity contribution in [1.29, 1.82) is 0 Å². The van der Waals surface area contributed by atoms with E-state index in [2.05, 4.69) is 5.32 Å². The molecule has 1 aromatic heterocycles. The number of ether oxygens (including phenoxy) is 1. The smallest absolute Gasteiger partial charge is 0.419 e. The van der Waals surface area contributed by atoms with E-state index in [-0.39, 0.29) is 18.7 Å². The van der Waals surface area contributed by atoms with Crippen LogP contribution in [0.5, 0.6) is 0 Å². The Kier molecular flexibility index (Phi) is 5.30. The third-order valence-corrected chi connectivity index (χ3v) is 3.68. The molecule has 0 spiro atoms. The van der Waals surface area contributed by atoms with Crippen LogP contribution in [-0.2, 0) is 20.9 Å². The average Bonchev–Trinajstić information content (AvgIpc) is 2.96. The minimum atomic E-state index is -1.11. The molecular weight excluding hydrogens is 362 g/mol. The van der Waals surface area contributed by atoms with Gasteiger partial charge in [0.2, 0.25) is 0 Å². The monoisotopic (exact) mass is 376 g/mol. The second-order valence-corrected chi connectivity index (χ2v) is 5.58. The van der Waals surface area contributed by atoms with Gasteiger partial charge in [0.05, 0.1) is 11.9 Å². The van der Waals surface area contributed by atoms with Gasteiger partial charge in [-0.15, -0.1) is 0 Å². The van der Waals surface area contributed by atoms with Crippen molar-refractivity contribution in [3.63, 3.8) is 0 Å². The molecule has 27 heavy (non-hydrogen) atoms. The Morgan fingerprint density at radius 3 is 2.67 bits per heavy atom. The number of fused-ring (bicyclic) bond motifs is 1. The van der Waals surface area contributed by atoms with Gasteiger partial charge in [-0.1, -0.05) is 12.1 Å². The standard InChI is InChI=1S/C18H14F2N2O5/c19-12-6-5-11(9-13(12)20)21-16(23)10-26-17(24)7-8-22-14-3-1-2-4-15(14)27-18(22)25/h1-6,9H,7-8,10H2,(H,21,23). The number of hydrogen-bond acceptors (Lipinski definition) is 5. The Labute approximate surface area is 151 Å². The first-order valence-corrected chi connectivity index (χ1v) is 7.93. The number of anilines is 1. The summed E-state index contributed by atoms with van der Waals surface area (Å²) in [6.07, 6.45) is -0.151. The van der Waals surface area contributed by atoms with Gasteiger partial charge in [0.1, 0.15) is 0 Å². The van der Waals surface area contributed by atoms with Crippen LogP contribution in [0.1, 0.15) is 6.42 Å².